The number of aryl methyl sites for hydroxylation is 1. The smallest absolute Gasteiger partial charge is 0.237 e. The minimum Gasteiger partial charge on any atom is -0.353 e. The maximum absolute atomic E-state index is 12.9. The van der Waals surface area contributed by atoms with Crippen molar-refractivity contribution in [3.8, 4) is 0 Å². The number of aromatic nitrogens is 2. The summed E-state index contributed by atoms with van der Waals surface area (Å²) in [5, 5.41) is 2.89. The number of nitrogens with zero attached hydrogens (tertiary/aromatic N) is 4. The van der Waals surface area contributed by atoms with Crippen LogP contribution in [0.3, 0.4) is 0 Å². The van der Waals surface area contributed by atoms with Gasteiger partial charge in [0.2, 0.25) is 11.8 Å². The first-order valence-electron chi connectivity index (χ1n) is 8.76. The number of imidazole rings is 1. The lowest BCUT2D eigenvalue weighted by Crippen LogP contribution is -2.58. The summed E-state index contributed by atoms with van der Waals surface area (Å²) >= 11 is 0. The molecule has 1 saturated heterocycles. The van der Waals surface area contributed by atoms with Crippen molar-refractivity contribution < 1.29 is 9.59 Å². The van der Waals surface area contributed by atoms with Crippen molar-refractivity contribution in [2.24, 2.45) is 7.05 Å². The van der Waals surface area contributed by atoms with Crippen LogP contribution in [-0.4, -0.2) is 62.4 Å². The topological polar surface area (TPSA) is 70.5 Å². The van der Waals surface area contributed by atoms with Gasteiger partial charge in [0.25, 0.3) is 0 Å². The summed E-state index contributed by atoms with van der Waals surface area (Å²) in [4.78, 5) is 33.6. The van der Waals surface area contributed by atoms with Gasteiger partial charge in [-0.05, 0) is 26.7 Å². The lowest BCUT2D eigenvalue weighted by Gasteiger charge is -2.38. The zero-order valence-corrected chi connectivity index (χ0v) is 14.7. The highest BCUT2D eigenvalue weighted by atomic mass is 16.2. The Kier molecular flexibility index (Phi) is 4.89. The first-order chi connectivity index (χ1) is 11.5. The molecule has 0 radical (unpaired) electrons. The van der Waals surface area contributed by atoms with Crippen LogP contribution in [0.4, 0.5) is 0 Å². The fraction of sp³-hybridized carbons (Fsp3) is 0.706. The van der Waals surface area contributed by atoms with Gasteiger partial charge >= 0.3 is 0 Å². The van der Waals surface area contributed by atoms with Gasteiger partial charge in [0.15, 0.2) is 0 Å². The van der Waals surface area contributed by atoms with Crippen molar-refractivity contribution >= 4 is 11.8 Å². The van der Waals surface area contributed by atoms with Gasteiger partial charge < -0.3 is 14.8 Å². The van der Waals surface area contributed by atoms with E-state index < -0.39 is 0 Å². The molecule has 0 spiro atoms. The number of hydrogen-bond acceptors (Lipinski definition) is 4. The lowest BCUT2D eigenvalue weighted by atomic mass is 10.1. The Morgan fingerprint density at radius 3 is 2.79 bits per heavy atom. The maximum Gasteiger partial charge on any atom is 0.237 e. The van der Waals surface area contributed by atoms with Crippen LogP contribution in [0.25, 0.3) is 0 Å². The SMILES string of the molecule is CC(C)N1CCNC(=O)[C@H]1CC(=O)N(Cc1nccn1C)C1CC1. The number of nitrogens with one attached hydrogen (secondary N) is 1. The zero-order valence-electron chi connectivity index (χ0n) is 14.7. The van der Waals surface area contributed by atoms with E-state index in [2.05, 4.69) is 29.0 Å². The predicted molar refractivity (Wildman–Crippen MR) is 90.0 cm³/mol. The molecule has 3 rings (SSSR count). The molecule has 2 fully saturated rings. The van der Waals surface area contributed by atoms with Gasteiger partial charge in [-0.2, -0.15) is 0 Å². The van der Waals surface area contributed by atoms with Crippen molar-refractivity contribution in [1.82, 2.24) is 24.7 Å². The standard InChI is InChI=1S/C17H27N5O2/c1-12(2)21-9-7-19-17(24)14(21)10-16(23)22(13-4-5-13)11-15-18-6-8-20(15)3/h6,8,12-14H,4-5,7,9-11H2,1-3H3,(H,19,24)/t14-/m1/s1. The Labute approximate surface area is 143 Å². The highest BCUT2D eigenvalue weighted by molar-refractivity contribution is 5.89. The number of carbonyl (C=O) groups is 2. The molecule has 132 valence electrons. The van der Waals surface area contributed by atoms with Crippen LogP contribution in [0.5, 0.6) is 0 Å². The second kappa shape index (κ2) is 6.93. The van der Waals surface area contributed by atoms with Crippen LogP contribution < -0.4 is 5.32 Å². The molecule has 0 unspecified atom stereocenters. The van der Waals surface area contributed by atoms with E-state index in [-0.39, 0.29) is 30.3 Å². The fourth-order valence-electron chi connectivity index (χ4n) is 3.35. The molecule has 1 N–H and O–H groups in total. The molecule has 0 aromatic carbocycles. The van der Waals surface area contributed by atoms with Gasteiger partial charge in [-0.25, -0.2) is 4.98 Å². The molecular formula is C17H27N5O2. The summed E-state index contributed by atoms with van der Waals surface area (Å²) in [5.41, 5.74) is 0. The van der Waals surface area contributed by atoms with E-state index in [1.54, 1.807) is 6.20 Å². The van der Waals surface area contributed by atoms with Gasteiger partial charge in [-0.15, -0.1) is 0 Å². The second-order valence-electron chi connectivity index (χ2n) is 7.05. The van der Waals surface area contributed by atoms with E-state index in [0.717, 1.165) is 25.2 Å². The summed E-state index contributed by atoms with van der Waals surface area (Å²) in [6.45, 7) is 6.11. The Morgan fingerprint density at radius 2 is 2.21 bits per heavy atom. The average molecular weight is 333 g/mol. The molecule has 1 aromatic heterocycles. The number of rotatable bonds is 6. The van der Waals surface area contributed by atoms with Gasteiger partial charge in [-0.1, -0.05) is 0 Å². The minimum absolute atomic E-state index is 0.0314. The Balaban J connectivity index is 1.70. The molecule has 1 aromatic rings. The highest BCUT2D eigenvalue weighted by Crippen LogP contribution is 2.29. The highest BCUT2D eigenvalue weighted by Gasteiger charge is 2.38. The molecule has 2 amide bonds. The quantitative estimate of drug-likeness (QED) is 0.823. The van der Waals surface area contributed by atoms with E-state index in [4.69, 9.17) is 0 Å². The summed E-state index contributed by atoms with van der Waals surface area (Å²) in [7, 11) is 1.94. The molecule has 2 aliphatic rings. The Bertz CT molecular complexity index is 608. The van der Waals surface area contributed by atoms with Gasteiger partial charge in [0, 0.05) is 44.6 Å². The van der Waals surface area contributed by atoms with Crippen LogP contribution in [-0.2, 0) is 23.2 Å². The van der Waals surface area contributed by atoms with Crippen molar-refractivity contribution in [3.05, 3.63) is 18.2 Å². The molecule has 1 aliphatic heterocycles. The number of hydrogen-bond donors (Lipinski definition) is 1. The molecule has 7 nitrogen and oxygen atoms in total. The molecule has 7 heteroatoms. The summed E-state index contributed by atoms with van der Waals surface area (Å²) in [6.07, 6.45) is 5.96. The van der Waals surface area contributed by atoms with Crippen LogP contribution in [0, 0.1) is 0 Å². The zero-order chi connectivity index (χ0) is 17.3. The molecular weight excluding hydrogens is 306 g/mol. The molecule has 1 atom stereocenters. The molecule has 24 heavy (non-hydrogen) atoms. The fourth-order valence-corrected chi connectivity index (χ4v) is 3.35. The lowest BCUT2D eigenvalue weighted by molar-refractivity contribution is -0.140. The second-order valence-corrected chi connectivity index (χ2v) is 7.05. The number of piperazine rings is 1. The first kappa shape index (κ1) is 17.0. The van der Waals surface area contributed by atoms with Crippen LogP contribution in [0.15, 0.2) is 12.4 Å². The van der Waals surface area contributed by atoms with Gasteiger partial charge in [0.1, 0.15) is 5.82 Å². The van der Waals surface area contributed by atoms with Crippen LogP contribution in [0.2, 0.25) is 0 Å². The monoisotopic (exact) mass is 333 g/mol. The van der Waals surface area contributed by atoms with Crippen LogP contribution >= 0.6 is 0 Å². The van der Waals surface area contributed by atoms with Crippen LogP contribution in [0.1, 0.15) is 38.9 Å². The molecule has 1 saturated carbocycles. The van der Waals surface area contributed by atoms with E-state index in [1.807, 2.05) is 22.7 Å². The first-order valence-corrected chi connectivity index (χ1v) is 8.76. The molecule has 0 bridgehead atoms. The largest absolute Gasteiger partial charge is 0.353 e. The molecule has 1 aliphatic carbocycles. The van der Waals surface area contributed by atoms with E-state index in [9.17, 15) is 9.59 Å². The van der Waals surface area contributed by atoms with Gasteiger partial charge in [-0.3, -0.25) is 14.5 Å². The average Bonchev–Trinajstić information content (AvgIpc) is 3.29. The summed E-state index contributed by atoms with van der Waals surface area (Å²) in [5.74, 6) is 0.897. The van der Waals surface area contributed by atoms with E-state index in [0.29, 0.717) is 19.1 Å². The summed E-state index contributed by atoms with van der Waals surface area (Å²) in [6, 6.07) is 0.181. The van der Waals surface area contributed by atoms with Crippen molar-refractivity contribution in [2.75, 3.05) is 13.1 Å². The third kappa shape index (κ3) is 3.61. The van der Waals surface area contributed by atoms with E-state index >= 15 is 0 Å². The van der Waals surface area contributed by atoms with Crippen molar-refractivity contribution in [3.63, 3.8) is 0 Å². The Morgan fingerprint density at radius 1 is 1.46 bits per heavy atom. The maximum atomic E-state index is 12.9. The minimum atomic E-state index is -0.367. The third-order valence-corrected chi connectivity index (χ3v) is 4.94. The van der Waals surface area contributed by atoms with Crippen molar-refractivity contribution in [2.45, 2.75) is 57.8 Å². The normalized spacial score (nSPS) is 21.8. The predicted octanol–water partition coefficient (Wildman–Crippen LogP) is 0.510. The number of carbonyl (C=O) groups excluding carboxylic acids is 2. The third-order valence-electron chi connectivity index (χ3n) is 4.94. The number of amides is 2. The van der Waals surface area contributed by atoms with Gasteiger partial charge in [0.05, 0.1) is 19.0 Å². The van der Waals surface area contributed by atoms with E-state index in [1.165, 1.54) is 0 Å². The summed E-state index contributed by atoms with van der Waals surface area (Å²) < 4.78 is 1.94. The molecule has 2 heterocycles. The Hall–Kier alpha value is -1.89. The van der Waals surface area contributed by atoms with Crippen molar-refractivity contribution in [1.29, 1.82) is 0 Å².